The number of nitrogens with zero attached hydrogens (tertiary/aromatic N) is 2. The van der Waals surface area contributed by atoms with Crippen LogP contribution in [0.5, 0.6) is 5.75 Å². The zero-order valence-corrected chi connectivity index (χ0v) is 10.4. The molecule has 4 heteroatoms. The Morgan fingerprint density at radius 3 is 2.71 bits per heavy atom. The summed E-state index contributed by atoms with van der Waals surface area (Å²) in [6.07, 6.45) is 1.74. The van der Waals surface area contributed by atoms with Crippen LogP contribution in [0.2, 0.25) is 0 Å². The number of hydrogen-bond acceptors (Lipinski definition) is 2. The Labute approximate surface area is 106 Å². The molecule has 0 aliphatic rings. The van der Waals surface area contributed by atoms with Crippen molar-refractivity contribution < 1.29 is 5.11 Å². The molecular weight excluding hydrogens is 280 g/mol. The highest BCUT2D eigenvalue weighted by atomic mass is 79.9. The van der Waals surface area contributed by atoms with E-state index in [1.54, 1.807) is 16.9 Å². The normalized spacial score (nSPS) is 10.9. The molecule has 3 aromatic rings. The van der Waals surface area contributed by atoms with E-state index in [0.29, 0.717) is 0 Å². The van der Waals surface area contributed by atoms with Gasteiger partial charge < -0.3 is 5.11 Å². The molecule has 3 rings (SSSR count). The van der Waals surface area contributed by atoms with Gasteiger partial charge in [0.25, 0.3) is 0 Å². The van der Waals surface area contributed by atoms with Gasteiger partial charge in [0.15, 0.2) is 0 Å². The van der Waals surface area contributed by atoms with Gasteiger partial charge in [-0.05, 0) is 34.1 Å². The Morgan fingerprint density at radius 2 is 1.88 bits per heavy atom. The predicted molar refractivity (Wildman–Crippen MR) is 70.4 cm³/mol. The third-order valence-corrected chi connectivity index (χ3v) is 3.32. The largest absolute Gasteiger partial charge is 0.506 e. The lowest BCUT2D eigenvalue weighted by Crippen LogP contribution is -1.96. The van der Waals surface area contributed by atoms with Gasteiger partial charge in [-0.1, -0.05) is 24.3 Å². The summed E-state index contributed by atoms with van der Waals surface area (Å²) in [5.74, 6) is 0.232. The number of hydrogen-bond donors (Lipinski definition) is 1. The van der Waals surface area contributed by atoms with Crippen molar-refractivity contribution in [2.75, 3.05) is 0 Å². The summed E-state index contributed by atoms with van der Waals surface area (Å²) in [4.78, 5) is 0. The molecule has 0 amide bonds. The molecule has 1 N–H and O–H groups in total. The summed E-state index contributed by atoms with van der Waals surface area (Å²) in [6, 6.07) is 13.2. The van der Waals surface area contributed by atoms with Gasteiger partial charge in [-0.15, -0.1) is 0 Å². The highest BCUT2D eigenvalue weighted by molar-refractivity contribution is 9.10. The second-order valence-corrected chi connectivity index (χ2v) is 4.58. The lowest BCUT2D eigenvalue weighted by Gasteiger charge is -2.06. The first-order chi connectivity index (χ1) is 8.27. The van der Waals surface area contributed by atoms with Crippen LogP contribution in [-0.2, 0) is 0 Å². The smallest absolute Gasteiger partial charge is 0.141 e. The van der Waals surface area contributed by atoms with Gasteiger partial charge >= 0.3 is 0 Å². The predicted octanol–water partition coefficient (Wildman–Crippen LogP) is 3.49. The Balaban J connectivity index is 2.36. The first kappa shape index (κ1) is 10.4. The van der Waals surface area contributed by atoms with Crippen molar-refractivity contribution in [2.45, 2.75) is 0 Å². The van der Waals surface area contributed by atoms with Crippen LogP contribution in [0.25, 0.3) is 16.6 Å². The Bertz CT molecular complexity index is 691. The van der Waals surface area contributed by atoms with Crippen molar-refractivity contribution in [3.8, 4) is 11.4 Å². The molecule has 17 heavy (non-hydrogen) atoms. The molecule has 0 aliphatic heterocycles. The number of fused-ring (bicyclic) bond motifs is 1. The maximum Gasteiger partial charge on any atom is 0.141 e. The van der Waals surface area contributed by atoms with Crippen LogP contribution in [-0.4, -0.2) is 14.9 Å². The number of phenolic OH excluding ortho intramolecular Hbond substituents is 1. The molecule has 3 nitrogen and oxygen atoms in total. The minimum Gasteiger partial charge on any atom is -0.506 e. The second-order valence-electron chi connectivity index (χ2n) is 3.72. The maximum atomic E-state index is 9.92. The van der Waals surface area contributed by atoms with Gasteiger partial charge in [-0.3, -0.25) is 0 Å². The molecule has 0 unspecified atom stereocenters. The van der Waals surface area contributed by atoms with E-state index < -0.39 is 0 Å². The molecule has 1 aromatic heterocycles. The summed E-state index contributed by atoms with van der Waals surface area (Å²) in [5.41, 5.74) is 1.63. The van der Waals surface area contributed by atoms with E-state index in [4.69, 9.17) is 0 Å². The van der Waals surface area contributed by atoms with Crippen LogP contribution in [0, 0.1) is 0 Å². The number of aromatic nitrogens is 2. The Kier molecular flexibility index (Phi) is 2.37. The van der Waals surface area contributed by atoms with Crippen LogP contribution in [0.4, 0.5) is 0 Å². The number of rotatable bonds is 1. The van der Waals surface area contributed by atoms with Gasteiger partial charge in [-0.25, -0.2) is 4.68 Å². The molecule has 0 saturated carbocycles. The number of phenols is 1. The fraction of sp³-hybridized carbons (Fsp3) is 0. The summed E-state index contributed by atoms with van der Waals surface area (Å²) < 4.78 is 2.67. The molecule has 0 radical (unpaired) electrons. The lowest BCUT2D eigenvalue weighted by molar-refractivity contribution is 0.479. The third kappa shape index (κ3) is 1.61. The van der Waals surface area contributed by atoms with Gasteiger partial charge in [0.1, 0.15) is 11.3 Å². The number of para-hydroxylation sites is 2. The fourth-order valence-electron chi connectivity index (χ4n) is 1.87. The van der Waals surface area contributed by atoms with Crippen LogP contribution in [0.15, 0.2) is 53.1 Å². The molecule has 0 atom stereocenters. The molecule has 2 aromatic carbocycles. The lowest BCUT2D eigenvalue weighted by atomic mass is 10.2. The quantitative estimate of drug-likeness (QED) is 0.744. The van der Waals surface area contributed by atoms with Crippen LogP contribution < -0.4 is 0 Å². The van der Waals surface area contributed by atoms with Crippen LogP contribution in [0.1, 0.15) is 0 Å². The molecule has 0 fully saturated rings. The molecular formula is C13H9BrN2O. The first-order valence-corrected chi connectivity index (χ1v) is 5.97. The Hall–Kier alpha value is -1.81. The van der Waals surface area contributed by atoms with E-state index in [1.165, 1.54) is 0 Å². The van der Waals surface area contributed by atoms with Crippen molar-refractivity contribution in [3.63, 3.8) is 0 Å². The summed E-state index contributed by atoms with van der Waals surface area (Å²) in [7, 11) is 0. The van der Waals surface area contributed by atoms with E-state index in [-0.39, 0.29) is 5.75 Å². The van der Waals surface area contributed by atoms with Crippen molar-refractivity contribution >= 4 is 26.8 Å². The molecule has 0 spiro atoms. The van der Waals surface area contributed by atoms with E-state index in [2.05, 4.69) is 21.0 Å². The summed E-state index contributed by atoms with van der Waals surface area (Å²) in [6.45, 7) is 0. The molecule has 84 valence electrons. The number of aromatic hydroxyl groups is 1. The van der Waals surface area contributed by atoms with Crippen LogP contribution in [0.3, 0.4) is 0 Å². The average Bonchev–Trinajstić information content (AvgIpc) is 2.75. The number of halogens is 1. The topological polar surface area (TPSA) is 38.1 Å². The van der Waals surface area contributed by atoms with Gasteiger partial charge in [-0.2, -0.15) is 5.10 Å². The van der Waals surface area contributed by atoms with Gasteiger partial charge in [0, 0.05) is 9.86 Å². The molecule has 0 bridgehead atoms. The maximum absolute atomic E-state index is 9.92. The standard InChI is InChI=1S/C13H9BrN2O/c14-10-5-1-2-6-11(10)16-13-9(8-15-16)4-3-7-12(13)17/h1-8,17H. The molecule has 1 heterocycles. The molecule has 0 saturated heterocycles. The SMILES string of the molecule is Oc1cccc2cnn(-c3ccccc3Br)c12. The van der Waals surface area contributed by atoms with Gasteiger partial charge in [0.2, 0.25) is 0 Å². The first-order valence-electron chi connectivity index (χ1n) is 5.18. The van der Waals surface area contributed by atoms with Crippen molar-refractivity contribution in [1.82, 2.24) is 9.78 Å². The zero-order valence-electron chi connectivity index (χ0n) is 8.84. The molecule has 0 aliphatic carbocycles. The second kappa shape index (κ2) is 3.89. The van der Waals surface area contributed by atoms with E-state index in [0.717, 1.165) is 21.1 Å². The average molecular weight is 289 g/mol. The minimum absolute atomic E-state index is 0.232. The zero-order chi connectivity index (χ0) is 11.8. The highest BCUT2D eigenvalue weighted by Gasteiger charge is 2.10. The minimum atomic E-state index is 0.232. The van der Waals surface area contributed by atoms with Crippen molar-refractivity contribution in [2.24, 2.45) is 0 Å². The van der Waals surface area contributed by atoms with E-state index >= 15 is 0 Å². The number of benzene rings is 2. The summed E-state index contributed by atoms with van der Waals surface area (Å²) >= 11 is 3.49. The highest BCUT2D eigenvalue weighted by Crippen LogP contribution is 2.29. The van der Waals surface area contributed by atoms with E-state index in [1.807, 2.05) is 36.4 Å². The monoisotopic (exact) mass is 288 g/mol. The van der Waals surface area contributed by atoms with Gasteiger partial charge in [0.05, 0.1) is 11.9 Å². The van der Waals surface area contributed by atoms with E-state index in [9.17, 15) is 5.11 Å². The fourth-order valence-corrected chi connectivity index (χ4v) is 2.32. The Morgan fingerprint density at radius 1 is 1.06 bits per heavy atom. The van der Waals surface area contributed by atoms with Crippen LogP contribution >= 0.6 is 15.9 Å². The third-order valence-electron chi connectivity index (χ3n) is 2.65. The van der Waals surface area contributed by atoms with Crippen molar-refractivity contribution in [3.05, 3.63) is 53.1 Å². The summed E-state index contributed by atoms with van der Waals surface area (Å²) in [5, 5.41) is 15.1. The van der Waals surface area contributed by atoms with Crippen molar-refractivity contribution in [1.29, 1.82) is 0 Å².